The Morgan fingerprint density at radius 2 is 1.78 bits per heavy atom. The fraction of sp³-hybridized carbons (Fsp3) is 0.259. The number of carbonyl (C=O) groups is 2. The van der Waals surface area contributed by atoms with Crippen molar-refractivity contribution >= 4 is 44.8 Å². The molecule has 3 aromatic carbocycles. The Balaban J connectivity index is 1.44. The molecule has 0 aliphatic carbocycles. The van der Waals surface area contributed by atoms with Crippen molar-refractivity contribution in [2.24, 2.45) is 0 Å². The van der Waals surface area contributed by atoms with Crippen LogP contribution in [0.3, 0.4) is 0 Å². The van der Waals surface area contributed by atoms with Crippen molar-refractivity contribution in [3.8, 4) is 0 Å². The van der Waals surface area contributed by atoms with Crippen LogP contribution in [0.15, 0.2) is 72.8 Å². The number of amides is 2. The van der Waals surface area contributed by atoms with E-state index < -0.39 is 10.0 Å². The zero-order chi connectivity index (χ0) is 26.4. The number of anilines is 2. The van der Waals surface area contributed by atoms with E-state index in [9.17, 15) is 18.0 Å². The van der Waals surface area contributed by atoms with Crippen molar-refractivity contribution in [2.45, 2.75) is 25.5 Å². The summed E-state index contributed by atoms with van der Waals surface area (Å²) in [4.78, 5) is 25.7. The number of hydrogen-bond acceptors (Lipinski definition) is 5. The largest absolute Gasteiger partial charge is 0.376 e. The van der Waals surface area contributed by atoms with E-state index in [0.29, 0.717) is 46.2 Å². The molecule has 1 unspecified atom stereocenters. The zero-order valence-corrected chi connectivity index (χ0v) is 21.9. The molecule has 2 amide bonds. The number of halogens is 1. The van der Waals surface area contributed by atoms with Crippen LogP contribution in [-0.4, -0.2) is 45.7 Å². The minimum absolute atomic E-state index is 0.0155. The number of rotatable bonds is 9. The van der Waals surface area contributed by atoms with Crippen molar-refractivity contribution < 1.29 is 22.7 Å². The van der Waals surface area contributed by atoms with E-state index in [4.69, 9.17) is 16.3 Å². The highest BCUT2D eigenvalue weighted by Crippen LogP contribution is 2.24. The number of sulfonamides is 1. The lowest BCUT2D eigenvalue weighted by Gasteiger charge is -2.23. The van der Waals surface area contributed by atoms with Gasteiger partial charge in [0.2, 0.25) is 10.0 Å². The van der Waals surface area contributed by atoms with Gasteiger partial charge in [-0.15, -0.1) is 0 Å². The van der Waals surface area contributed by atoms with Crippen molar-refractivity contribution in [2.75, 3.05) is 29.0 Å². The lowest BCUT2D eigenvalue weighted by molar-refractivity contribution is 0.0858. The first-order valence-electron chi connectivity index (χ1n) is 11.8. The van der Waals surface area contributed by atoms with Crippen LogP contribution in [0.4, 0.5) is 11.4 Å². The first-order valence-corrected chi connectivity index (χ1v) is 14.1. The van der Waals surface area contributed by atoms with Gasteiger partial charge in [-0.25, -0.2) is 8.42 Å². The SMILES string of the molecule is CS(=O)(=O)N(Cc1ccc(C(=O)Nc2ccccc2C(=O)NCC2CCCO2)cc1)c1cccc(Cl)c1. The second kappa shape index (κ2) is 11.8. The molecule has 1 aliphatic heterocycles. The summed E-state index contributed by atoms with van der Waals surface area (Å²) >= 11 is 6.05. The zero-order valence-electron chi connectivity index (χ0n) is 20.3. The van der Waals surface area contributed by atoms with Crippen molar-refractivity contribution in [3.05, 3.63) is 94.5 Å². The molecule has 2 N–H and O–H groups in total. The van der Waals surface area contributed by atoms with E-state index in [1.165, 1.54) is 4.31 Å². The van der Waals surface area contributed by atoms with Gasteiger partial charge in [-0.3, -0.25) is 13.9 Å². The third kappa shape index (κ3) is 7.09. The maximum Gasteiger partial charge on any atom is 0.255 e. The van der Waals surface area contributed by atoms with Crippen molar-refractivity contribution in [1.82, 2.24) is 5.32 Å². The number of hydrogen-bond donors (Lipinski definition) is 2. The minimum Gasteiger partial charge on any atom is -0.376 e. The van der Waals surface area contributed by atoms with Crippen molar-refractivity contribution in [1.29, 1.82) is 0 Å². The molecule has 0 bridgehead atoms. The Bertz CT molecular complexity index is 1370. The number of nitrogens with one attached hydrogen (secondary N) is 2. The van der Waals surface area contributed by atoms with E-state index in [1.54, 1.807) is 72.8 Å². The molecular weight excluding hydrogens is 514 g/mol. The summed E-state index contributed by atoms with van der Waals surface area (Å²) in [6, 6.07) is 20.0. The summed E-state index contributed by atoms with van der Waals surface area (Å²) in [7, 11) is -3.57. The van der Waals surface area contributed by atoms with E-state index in [1.807, 2.05) is 0 Å². The summed E-state index contributed by atoms with van der Waals surface area (Å²) in [5, 5.41) is 6.10. The van der Waals surface area contributed by atoms with Gasteiger partial charge in [-0.2, -0.15) is 0 Å². The summed E-state index contributed by atoms with van der Waals surface area (Å²) in [6.45, 7) is 1.20. The number of carbonyl (C=O) groups excluding carboxylic acids is 2. The standard InChI is InChI=1S/C27H28ClN3O5S/c1-37(34,35)31(22-7-4-6-21(28)16-22)18-19-11-13-20(14-12-19)26(32)30-25-10-3-2-9-24(25)27(33)29-17-23-8-5-15-36-23/h2-4,6-7,9-14,16,23H,5,8,15,17-18H2,1H3,(H,29,33)(H,30,32). The monoisotopic (exact) mass is 541 g/mol. The topological polar surface area (TPSA) is 105 Å². The molecule has 1 heterocycles. The van der Waals surface area contributed by atoms with Crippen LogP contribution < -0.4 is 14.9 Å². The second-order valence-corrected chi connectivity index (χ2v) is 11.1. The molecule has 1 aliphatic rings. The summed E-state index contributed by atoms with van der Waals surface area (Å²) < 4.78 is 31.6. The molecule has 0 saturated carbocycles. The highest BCUT2D eigenvalue weighted by atomic mass is 35.5. The van der Waals surface area contributed by atoms with Gasteiger partial charge >= 0.3 is 0 Å². The second-order valence-electron chi connectivity index (χ2n) is 8.79. The highest BCUT2D eigenvalue weighted by Gasteiger charge is 2.20. The molecule has 1 atom stereocenters. The predicted octanol–water partition coefficient (Wildman–Crippen LogP) is 4.47. The molecule has 194 valence electrons. The predicted molar refractivity (Wildman–Crippen MR) is 145 cm³/mol. The summed E-state index contributed by atoms with van der Waals surface area (Å²) in [5.74, 6) is -0.677. The van der Waals surface area contributed by atoms with Gasteiger partial charge in [-0.1, -0.05) is 41.9 Å². The van der Waals surface area contributed by atoms with E-state index in [-0.39, 0.29) is 24.5 Å². The maximum absolute atomic E-state index is 12.9. The molecule has 1 fully saturated rings. The quantitative estimate of drug-likeness (QED) is 0.416. The molecule has 8 nitrogen and oxygen atoms in total. The number of nitrogens with zero attached hydrogens (tertiary/aromatic N) is 1. The maximum atomic E-state index is 12.9. The lowest BCUT2D eigenvalue weighted by Crippen LogP contribution is -2.32. The Morgan fingerprint density at radius 1 is 1.03 bits per heavy atom. The number of benzene rings is 3. The van der Waals surface area contributed by atoms with Gasteiger partial charge in [0.25, 0.3) is 11.8 Å². The van der Waals surface area contributed by atoms with Crippen LogP contribution >= 0.6 is 11.6 Å². The summed E-state index contributed by atoms with van der Waals surface area (Å²) in [5.41, 5.74) is 2.26. The van der Waals surface area contributed by atoms with Crippen LogP contribution in [0.25, 0.3) is 0 Å². The average molecular weight is 542 g/mol. The normalized spacial score (nSPS) is 15.2. The first-order chi connectivity index (χ1) is 17.7. The fourth-order valence-corrected chi connectivity index (χ4v) is 5.11. The first kappa shape index (κ1) is 26.7. The fourth-order valence-electron chi connectivity index (χ4n) is 4.05. The van der Waals surface area contributed by atoms with Crippen LogP contribution in [0.1, 0.15) is 39.1 Å². The van der Waals surface area contributed by atoms with E-state index in [0.717, 1.165) is 19.1 Å². The van der Waals surface area contributed by atoms with Crippen LogP contribution in [0.2, 0.25) is 5.02 Å². The van der Waals surface area contributed by atoms with Gasteiger partial charge in [0, 0.05) is 23.7 Å². The van der Waals surface area contributed by atoms with Crippen LogP contribution in [0, 0.1) is 0 Å². The molecule has 0 radical (unpaired) electrons. The van der Waals surface area contributed by atoms with E-state index >= 15 is 0 Å². The Kier molecular flexibility index (Phi) is 8.48. The highest BCUT2D eigenvalue weighted by molar-refractivity contribution is 7.92. The molecular formula is C27H28ClN3O5S. The molecule has 1 saturated heterocycles. The smallest absolute Gasteiger partial charge is 0.255 e. The third-order valence-corrected chi connectivity index (χ3v) is 7.35. The lowest BCUT2D eigenvalue weighted by atomic mass is 10.1. The molecule has 37 heavy (non-hydrogen) atoms. The van der Waals surface area contributed by atoms with E-state index in [2.05, 4.69) is 10.6 Å². The Hall–Kier alpha value is -3.40. The number of para-hydroxylation sites is 1. The van der Waals surface area contributed by atoms with Gasteiger partial charge in [-0.05, 0) is 60.9 Å². The molecule has 0 spiro atoms. The average Bonchev–Trinajstić information content (AvgIpc) is 3.39. The minimum atomic E-state index is -3.57. The number of ether oxygens (including phenoxy) is 1. The van der Waals surface area contributed by atoms with Gasteiger partial charge in [0.05, 0.1) is 35.8 Å². The molecule has 3 aromatic rings. The van der Waals surface area contributed by atoms with Crippen molar-refractivity contribution in [3.63, 3.8) is 0 Å². The molecule has 4 rings (SSSR count). The molecule has 10 heteroatoms. The Morgan fingerprint density at radius 3 is 2.46 bits per heavy atom. The van der Waals surface area contributed by atoms with Gasteiger partial charge in [0.1, 0.15) is 0 Å². The molecule has 0 aromatic heterocycles. The van der Waals surface area contributed by atoms with Gasteiger partial charge in [0.15, 0.2) is 0 Å². The third-order valence-electron chi connectivity index (χ3n) is 5.97. The van der Waals surface area contributed by atoms with Crippen LogP contribution in [-0.2, 0) is 21.3 Å². The Labute approximate surface area is 221 Å². The van der Waals surface area contributed by atoms with Gasteiger partial charge < -0.3 is 15.4 Å². The summed E-state index contributed by atoms with van der Waals surface area (Å²) in [6.07, 6.45) is 3.04. The van der Waals surface area contributed by atoms with Crippen LogP contribution in [0.5, 0.6) is 0 Å².